The van der Waals surface area contributed by atoms with Crippen molar-refractivity contribution in [2.75, 3.05) is 11.9 Å². The highest BCUT2D eigenvalue weighted by molar-refractivity contribution is 8.08. The Labute approximate surface area is 257 Å². The number of fused-ring (bicyclic) bond motifs is 3. The van der Waals surface area contributed by atoms with Crippen molar-refractivity contribution in [1.29, 1.82) is 0 Å². The molecule has 218 valence electrons. The van der Waals surface area contributed by atoms with Crippen LogP contribution in [0.4, 0.5) is 5.69 Å². The van der Waals surface area contributed by atoms with Crippen LogP contribution in [0.1, 0.15) is 30.1 Å². The molecule has 0 saturated carbocycles. The number of aryl methyl sites for hydroxylation is 2. The van der Waals surface area contributed by atoms with Crippen LogP contribution in [-0.4, -0.2) is 24.6 Å². The van der Waals surface area contributed by atoms with E-state index in [4.69, 9.17) is 0 Å². The van der Waals surface area contributed by atoms with Crippen molar-refractivity contribution in [2.45, 2.75) is 50.6 Å². The first kappa shape index (κ1) is 30.2. The van der Waals surface area contributed by atoms with E-state index >= 15 is 0 Å². The third kappa shape index (κ3) is 5.84. The molecule has 0 N–H and O–H groups in total. The van der Waals surface area contributed by atoms with E-state index < -0.39 is 10.1 Å². The van der Waals surface area contributed by atoms with E-state index in [2.05, 4.69) is 78.2 Å². The molecule has 1 aliphatic rings. The van der Waals surface area contributed by atoms with Gasteiger partial charge in [-0.1, -0.05) is 71.1 Å². The molecule has 2 aromatic heterocycles. The van der Waals surface area contributed by atoms with Gasteiger partial charge >= 0.3 is 0 Å². The minimum Gasteiger partial charge on any atom is -0.744 e. The van der Waals surface area contributed by atoms with Crippen molar-refractivity contribution in [2.24, 2.45) is 0 Å². The van der Waals surface area contributed by atoms with Gasteiger partial charge < -0.3 is 9.45 Å². The maximum Gasteiger partial charge on any atom is 0.271 e. The normalized spacial score (nSPS) is 14.7. The van der Waals surface area contributed by atoms with E-state index in [0.29, 0.717) is 6.54 Å². The van der Waals surface area contributed by atoms with Crippen LogP contribution < -0.4 is 24.2 Å². The molecule has 0 unspecified atom stereocenters. The van der Waals surface area contributed by atoms with Gasteiger partial charge in [0.15, 0.2) is 5.69 Å². The number of hydrogen-bond acceptors (Lipinski definition) is 8. The van der Waals surface area contributed by atoms with Crippen LogP contribution in [0.15, 0.2) is 80.6 Å². The summed E-state index contributed by atoms with van der Waals surface area (Å²) < 4.78 is 37.2. The molecular formula is C31H31N3O4S4. The zero-order valence-electron chi connectivity index (χ0n) is 24.0. The summed E-state index contributed by atoms with van der Waals surface area (Å²) in [6, 6.07) is 18.6. The van der Waals surface area contributed by atoms with Crippen molar-refractivity contribution in [3.05, 3.63) is 102 Å². The molecular weight excluding hydrogens is 607 g/mol. The lowest BCUT2D eigenvalue weighted by atomic mass is 10.1. The van der Waals surface area contributed by atoms with E-state index in [9.17, 15) is 17.8 Å². The minimum atomic E-state index is -4.27. The summed E-state index contributed by atoms with van der Waals surface area (Å²) in [6.07, 6.45) is 2.17. The molecule has 6 rings (SSSR count). The van der Waals surface area contributed by atoms with Gasteiger partial charge in [-0.25, -0.2) is 8.42 Å². The van der Waals surface area contributed by atoms with Gasteiger partial charge in [-0.2, -0.15) is 4.57 Å². The molecule has 0 amide bonds. The Morgan fingerprint density at radius 1 is 1.00 bits per heavy atom. The molecule has 0 radical (unpaired) electrons. The van der Waals surface area contributed by atoms with Crippen molar-refractivity contribution >= 4 is 72.1 Å². The molecule has 11 heteroatoms. The molecule has 1 aliphatic heterocycles. The molecule has 0 spiro atoms. The number of thiazole rings is 2. The summed E-state index contributed by atoms with van der Waals surface area (Å²) >= 11 is 5.03. The molecule has 3 heterocycles. The van der Waals surface area contributed by atoms with Crippen LogP contribution in [0.2, 0.25) is 0 Å². The number of thioether (sulfide) groups is 1. The van der Waals surface area contributed by atoms with E-state index in [1.165, 1.54) is 44.2 Å². The summed E-state index contributed by atoms with van der Waals surface area (Å²) in [5, 5.41) is 6.83. The highest BCUT2D eigenvalue weighted by atomic mass is 32.2. The van der Waals surface area contributed by atoms with Gasteiger partial charge in [-0.15, -0.1) is 11.3 Å². The molecule has 0 atom stereocenters. The molecule has 0 saturated heterocycles. The van der Waals surface area contributed by atoms with Crippen LogP contribution in [0, 0.1) is 13.8 Å². The largest absolute Gasteiger partial charge is 0.744 e. The Morgan fingerprint density at radius 3 is 2.38 bits per heavy atom. The summed E-state index contributed by atoms with van der Waals surface area (Å²) in [7, 11) is -2.19. The lowest BCUT2D eigenvalue weighted by Gasteiger charge is -2.15. The maximum absolute atomic E-state index is 13.4. The first-order valence-electron chi connectivity index (χ1n) is 13.4. The number of rotatable bonds is 4. The van der Waals surface area contributed by atoms with Gasteiger partial charge in [-0.3, -0.25) is 9.36 Å². The van der Waals surface area contributed by atoms with E-state index in [0.717, 1.165) is 26.3 Å². The Hall–Kier alpha value is -3.22. The van der Waals surface area contributed by atoms with E-state index in [1.54, 1.807) is 46.6 Å². The van der Waals surface area contributed by atoms with Gasteiger partial charge in [0.1, 0.15) is 30.9 Å². The zero-order valence-corrected chi connectivity index (χ0v) is 27.2. The molecule has 7 nitrogen and oxygen atoms in total. The summed E-state index contributed by atoms with van der Waals surface area (Å²) in [6.45, 7) is 9.74. The van der Waals surface area contributed by atoms with Crippen molar-refractivity contribution in [1.82, 2.24) is 4.57 Å². The molecule has 3 aromatic carbocycles. The second-order valence-corrected chi connectivity index (χ2v) is 14.1. The van der Waals surface area contributed by atoms with Gasteiger partial charge in [-0.05, 0) is 44.4 Å². The summed E-state index contributed by atoms with van der Waals surface area (Å²) in [4.78, 5) is 16.6. The number of hydrogen-bond donors (Lipinski definition) is 0. The van der Waals surface area contributed by atoms with Crippen LogP contribution >= 0.6 is 34.4 Å². The highest BCUT2D eigenvalue weighted by Crippen LogP contribution is 2.48. The first-order chi connectivity index (χ1) is 20.0. The fourth-order valence-corrected chi connectivity index (χ4v) is 8.89. The van der Waals surface area contributed by atoms with Gasteiger partial charge in [0.25, 0.3) is 10.6 Å². The number of benzene rings is 3. The number of aromatic nitrogens is 2. The fraction of sp³-hybridized carbons (Fsp3) is 0.226. The summed E-state index contributed by atoms with van der Waals surface area (Å²) in [5.41, 5.74) is 3.47. The van der Waals surface area contributed by atoms with E-state index in [1.807, 2.05) is 18.4 Å². The lowest BCUT2D eigenvalue weighted by Crippen LogP contribution is -2.37. The third-order valence-corrected chi connectivity index (χ3v) is 11.4. The first-order valence-corrected chi connectivity index (χ1v) is 17.3. The Balaban J connectivity index is 0.000000271. The second-order valence-electron chi connectivity index (χ2n) is 9.79. The average Bonchev–Trinajstić information content (AvgIpc) is 3.60. The summed E-state index contributed by atoms with van der Waals surface area (Å²) in [5.74, 6) is 0. The Kier molecular flexibility index (Phi) is 8.77. The van der Waals surface area contributed by atoms with Crippen molar-refractivity contribution < 1.29 is 17.5 Å². The Morgan fingerprint density at radius 2 is 1.71 bits per heavy atom. The average molecular weight is 638 g/mol. The highest BCUT2D eigenvalue weighted by Gasteiger charge is 2.26. The number of anilines is 1. The Bertz CT molecular complexity index is 2080. The second kappa shape index (κ2) is 12.2. The van der Waals surface area contributed by atoms with Crippen LogP contribution in [-0.2, 0) is 23.2 Å². The molecule has 5 aromatic rings. The van der Waals surface area contributed by atoms with Gasteiger partial charge in [0, 0.05) is 30.8 Å². The van der Waals surface area contributed by atoms with Crippen LogP contribution in [0.5, 0.6) is 0 Å². The SMILES string of the molecule is CCn1c(=O)/c(=C2/Sc3ccc4ccccc4c3N2C)s/c1=C/c1scc(C)[n+]1CC.Cc1ccc(S(=O)(=O)[O-])cc1. The fourth-order valence-electron chi connectivity index (χ4n) is 4.88. The minimum absolute atomic E-state index is 0.0986. The lowest BCUT2D eigenvalue weighted by molar-refractivity contribution is -0.696. The van der Waals surface area contributed by atoms with Crippen LogP contribution in [0.25, 0.3) is 21.9 Å². The zero-order chi connectivity index (χ0) is 30.2. The smallest absolute Gasteiger partial charge is 0.271 e. The molecule has 0 bridgehead atoms. The molecule has 42 heavy (non-hydrogen) atoms. The van der Waals surface area contributed by atoms with Gasteiger partial charge in [0.2, 0.25) is 0 Å². The monoisotopic (exact) mass is 637 g/mol. The molecule has 0 aliphatic carbocycles. The predicted molar refractivity (Wildman–Crippen MR) is 173 cm³/mol. The van der Waals surface area contributed by atoms with Crippen molar-refractivity contribution in [3.8, 4) is 0 Å². The maximum atomic E-state index is 13.4. The number of nitrogens with zero attached hydrogens (tertiary/aromatic N) is 3. The quantitative estimate of drug-likeness (QED) is 0.208. The van der Waals surface area contributed by atoms with Gasteiger partial charge in [0.05, 0.1) is 22.0 Å². The van der Waals surface area contributed by atoms with E-state index in [-0.39, 0.29) is 10.5 Å². The van der Waals surface area contributed by atoms with Crippen LogP contribution in [0.3, 0.4) is 0 Å². The standard InChI is InChI=1S/C24H24N3OS3.C7H8O3S/c1-5-26-15(3)14-29-19(26)13-20-27(6-2)23(28)22(31-20)24-25(4)21-17-10-8-7-9-16(17)11-12-18(21)30-24;1-6-2-4-7(5-3-6)11(8,9)10/h7-14H,5-6H2,1-4H3;2-5H,1H3,(H,8,9,10)/q+1;/p-1/b24-22-;. The predicted octanol–water partition coefficient (Wildman–Crippen LogP) is 4.80. The molecule has 0 fully saturated rings. The van der Waals surface area contributed by atoms with Crippen molar-refractivity contribution in [3.63, 3.8) is 0 Å². The third-order valence-electron chi connectivity index (χ3n) is 7.05. The topological polar surface area (TPSA) is 86.3 Å².